The van der Waals surface area contributed by atoms with Crippen molar-refractivity contribution in [2.24, 2.45) is 0 Å². The molecule has 0 saturated heterocycles. The minimum Gasteiger partial charge on any atom is -0.364 e. The third-order valence-electron chi connectivity index (χ3n) is 3.53. The zero-order valence-corrected chi connectivity index (χ0v) is 12.0. The first kappa shape index (κ1) is 13.5. The minimum absolute atomic E-state index is 0.809. The molecule has 0 fully saturated rings. The molecule has 0 spiro atoms. The SMILES string of the molecule is Cc1[nH]cc(-c2ccccn2)c1CNCc1ccncc1. The molecule has 0 radical (unpaired) electrons. The Morgan fingerprint density at radius 1 is 1.05 bits per heavy atom. The molecule has 21 heavy (non-hydrogen) atoms. The van der Waals surface area contributed by atoms with Crippen molar-refractivity contribution in [3.05, 3.63) is 71.9 Å². The highest BCUT2D eigenvalue weighted by atomic mass is 14.9. The molecule has 3 rings (SSSR count). The maximum absolute atomic E-state index is 4.43. The van der Waals surface area contributed by atoms with E-state index in [1.807, 2.05) is 55.1 Å². The van der Waals surface area contributed by atoms with Crippen LogP contribution in [0.2, 0.25) is 0 Å². The molecular weight excluding hydrogens is 260 g/mol. The molecule has 2 N–H and O–H groups in total. The van der Waals surface area contributed by atoms with Gasteiger partial charge in [-0.1, -0.05) is 6.07 Å². The van der Waals surface area contributed by atoms with Crippen LogP contribution in [0.3, 0.4) is 0 Å². The monoisotopic (exact) mass is 278 g/mol. The van der Waals surface area contributed by atoms with E-state index in [0.717, 1.165) is 24.3 Å². The Hall–Kier alpha value is -2.46. The van der Waals surface area contributed by atoms with Crippen molar-refractivity contribution < 1.29 is 0 Å². The number of pyridine rings is 2. The number of rotatable bonds is 5. The van der Waals surface area contributed by atoms with Crippen LogP contribution in [-0.2, 0) is 13.1 Å². The van der Waals surface area contributed by atoms with Gasteiger partial charge in [0.2, 0.25) is 0 Å². The zero-order chi connectivity index (χ0) is 14.5. The number of H-pyrrole nitrogens is 1. The van der Waals surface area contributed by atoms with E-state index in [1.165, 1.54) is 16.8 Å². The maximum atomic E-state index is 4.43. The lowest BCUT2D eigenvalue weighted by atomic mass is 10.1. The summed E-state index contributed by atoms with van der Waals surface area (Å²) in [4.78, 5) is 11.8. The number of aryl methyl sites for hydroxylation is 1. The van der Waals surface area contributed by atoms with E-state index in [-0.39, 0.29) is 0 Å². The van der Waals surface area contributed by atoms with Gasteiger partial charge in [-0.3, -0.25) is 9.97 Å². The van der Waals surface area contributed by atoms with Crippen molar-refractivity contribution >= 4 is 0 Å². The lowest BCUT2D eigenvalue weighted by molar-refractivity contribution is 0.691. The average molecular weight is 278 g/mol. The van der Waals surface area contributed by atoms with Crippen LogP contribution in [0.4, 0.5) is 0 Å². The molecule has 3 aromatic heterocycles. The van der Waals surface area contributed by atoms with Gasteiger partial charge in [0, 0.05) is 49.1 Å². The highest BCUT2D eigenvalue weighted by Crippen LogP contribution is 2.24. The van der Waals surface area contributed by atoms with Crippen LogP contribution in [-0.4, -0.2) is 15.0 Å². The van der Waals surface area contributed by atoms with Crippen LogP contribution in [0.5, 0.6) is 0 Å². The number of nitrogens with zero attached hydrogens (tertiary/aromatic N) is 2. The summed E-state index contributed by atoms with van der Waals surface area (Å²) in [6.45, 7) is 3.73. The van der Waals surface area contributed by atoms with Crippen LogP contribution in [0.25, 0.3) is 11.3 Å². The molecule has 0 amide bonds. The molecule has 0 aromatic carbocycles. The molecule has 0 saturated carbocycles. The van der Waals surface area contributed by atoms with Gasteiger partial charge in [0.05, 0.1) is 5.69 Å². The third kappa shape index (κ3) is 3.17. The fourth-order valence-electron chi connectivity index (χ4n) is 2.37. The van der Waals surface area contributed by atoms with E-state index >= 15 is 0 Å². The second-order valence-corrected chi connectivity index (χ2v) is 4.98. The highest BCUT2D eigenvalue weighted by Gasteiger charge is 2.10. The Labute approximate surface area is 124 Å². The molecular formula is C17H18N4. The summed E-state index contributed by atoms with van der Waals surface area (Å²) in [6.07, 6.45) is 7.49. The first-order valence-electron chi connectivity index (χ1n) is 7.02. The first-order chi connectivity index (χ1) is 10.3. The van der Waals surface area contributed by atoms with Gasteiger partial charge in [-0.15, -0.1) is 0 Å². The van der Waals surface area contributed by atoms with Gasteiger partial charge >= 0.3 is 0 Å². The summed E-state index contributed by atoms with van der Waals surface area (Å²) in [6, 6.07) is 10.0. The van der Waals surface area contributed by atoms with Crippen LogP contribution < -0.4 is 5.32 Å². The summed E-state index contributed by atoms with van der Waals surface area (Å²) < 4.78 is 0. The molecule has 0 aliphatic carbocycles. The number of nitrogens with one attached hydrogen (secondary N) is 2. The van der Waals surface area contributed by atoms with Gasteiger partial charge in [-0.05, 0) is 42.3 Å². The number of aromatic nitrogens is 3. The fourth-order valence-corrected chi connectivity index (χ4v) is 2.37. The van der Waals surface area contributed by atoms with Gasteiger partial charge in [-0.25, -0.2) is 0 Å². The minimum atomic E-state index is 0.809. The molecule has 0 aliphatic heterocycles. The zero-order valence-electron chi connectivity index (χ0n) is 12.0. The van der Waals surface area contributed by atoms with Crippen molar-refractivity contribution in [1.29, 1.82) is 0 Å². The summed E-state index contributed by atoms with van der Waals surface area (Å²) in [5.41, 5.74) is 5.84. The molecule has 0 unspecified atom stereocenters. The van der Waals surface area contributed by atoms with Crippen molar-refractivity contribution in [3.63, 3.8) is 0 Å². The van der Waals surface area contributed by atoms with E-state index in [0.29, 0.717) is 0 Å². The quantitative estimate of drug-likeness (QED) is 0.754. The van der Waals surface area contributed by atoms with Gasteiger partial charge in [0.1, 0.15) is 0 Å². The molecule has 3 aromatic rings. The summed E-state index contributed by atoms with van der Waals surface area (Å²) in [5.74, 6) is 0. The molecule has 4 heteroatoms. The number of hydrogen-bond donors (Lipinski definition) is 2. The van der Waals surface area contributed by atoms with E-state index in [9.17, 15) is 0 Å². The lowest BCUT2D eigenvalue weighted by Crippen LogP contribution is -2.13. The number of aromatic amines is 1. The Balaban J connectivity index is 1.72. The predicted molar refractivity (Wildman–Crippen MR) is 83.5 cm³/mol. The standard InChI is InChI=1S/C17H18N4/c1-13-15(11-19-10-14-5-8-18-9-6-14)16(12-21-13)17-4-2-3-7-20-17/h2-9,12,19,21H,10-11H2,1H3. The topological polar surface area (TPSA) is 53.6 Å². The van der Waals surface area contributed by atoms with E-state index in [4.69, 9.17) is 0 Å². The normalized spacial score (nSPS) is 10.7. The summed E-state index contributed by atoms with van der Waals surface area (Å²) >= 11 is 0. The second-order valence-electron chi connectivity index (χ2n) is 4.98. The van der Waals surface area contributed by atoms with Crippen molar-refractivity contribution in [1.82, 2.24) is 20.3 Å². The van der Waals surface area contributed by atoms with Crippen LogP contribution >= 0.6 is 0 Å². The molecule has 0 bridgehead atoms. The lowest BCUT2D eigenvalue weighted by Gasteiger charge is -2.07. The average Bonchev–Trinajstić information content (AvgIpc) is 2.91. The third-order valence-corrected chi connectivity index (χ3v) is 3.53. The molecule has 0 atom stereocenters. The molecule has 0 aliphatic rings. The van der Waals surface area contributed by atoms with Gasteiger partial charge in [-0.2, -0.15) is 0 Å². The summed E-state index contributed by atoms with van der Waals surface area (Å²) in [5, 5.41) is 3.48. The van der Waals surface area contributed by atoms with E-state index in [2.05, 4.69) is 27.2 Å². The smallest absolute Gasteiger partial charge is 0.0720 e. The highest BCUT2D eigenvalue weighted by molar-refractivity contribution is 5.64. The Morgan fingerprint density at radius 3 is 2.67 bits per heavy atom. The largest absolute Gasteiger partial charge is 0.364 e. The Morgan fingerprint density at radius 2 is 1.90 bits per heavy atom. The maximum Gasteiger partial charge on any atom is 0.0720 e. The van der Waals surface area contributed by atoms with Crippen molar-refractivity contribution in [2.45, 2.75) is 20.0 Å². The summed E-state index contributed by atoms with van der Waals surface area (Å²) in [7, 11) is 0. The van der Waals surface area contributed by atoms with Gasteiger partial charge < -0.3 is 10.3 Å². The Kier molecular flexibility index (Phi) is 4.07. The van der Waals surface area contributed by atoms with Gasteiger partial charge in [0.15, 0.2) is 0 Å². The van der Waals surface area contributed by atoms with Crippen LogP contribution in [0.15, 0.2) is 55.1 Å². The molecule has 3 heterocycles. The van der Waals surface area contributed by atoms with Gasteiger partial charge in [0.25, 0.3) is 0 Å². The first-order valence-corrected chi connectivity index (χ1v) is 7.02. The van der Waals surface area contributed by atoms with Crippen LogP contribution in [0, 0.1) is 6.92 Å². The number of hydrogen-bond acceptors (Lipinski definition) is 3. The molecule has 4 nitrogen and oxygen atoms in total. The molecule has 106 valence electrons. The Bertz CT molecular complexity index is 689. The van der Waals surface area contributed by atoms with E-state index < -0.39 is 0 Å². The van der Waals surface area contributed by atoms with E-state index in [1.54, 1.807) is 0 Å². The predicted octanol–water partition coefficient (Wildman–Crippen LogP) is 3.07. The van der Waals surface area contributed by atoms with Crippen LogP contribution in [0.1, 0.15) is 16.8 Å². The van der Waals surface area contributed by atoms with Crippen molar-refractivity contribution in [3.8, 4) is 11.3 Å². The fraction of sp³-hybridized carbons (Fsp3) is 0.176. The van der Waals surface area contributed by atoms with Crippen molar-refractivity contribution in [2.75, 3.05) is 0 Å². The second kappa shape index (κ2) is 6.33.